The number of phenols is 2. The summed E-state index contributed by atoms with van der Waals surface area (Å²) in [4.78, 5) is 23.5. The molecule has 0 fully saturated rings. The van der Waals surface area contributed by atoms with Crippen LogP contribution in [-0.2, 0) is 9.59 Å². The van der Waals surface area contributed by atoms with E-state index >= 15 is 0 Å². The summed E-state index contributed by atoms with van der Waals surface area (Å²) in [5.74, 6) is -3.12. The van der Waals surface area contributed by atoms with Crippen molar-refractivity contribution in [2.24, 2.45) is 5.10 Å². The van der Waals surface area contributed by atoms with Gasteiger partial charge in [0.25, 0.3) is 0 Å². The number of hydrogen-bond acceptors (Lipinski definition) is 5. The van der Waals surface area contributed by atoms with E-state index in [1.165, 1.54) is 25.1 Å². The number of hydrogen-bond donors (Lipinski definition) is 4. The second-order valence-corrected chi connectivity index (χ2v) is 5.33. The van der Waals surface area contributed by atoms with E-state index in [-0.39, 0.29) is 33.5 Å². The number of anilines is 1. The molecule has 25 heavy (non-hydrogen) atoms. The minimum atomic E-state index is -1.07. The fraction of sp³-hybridized carbons (Fsp3) is 0.0625. The number of amides is 2. The van der Waals surface area contributed by atoms with Gasteiger partial charge in [-0.1, -0.05) is 11.6 Å². The molecule has 0 aliphatic rings. The number of halogens is 2. The summed E-state index contributed by atoms with van der Waals surface area (Å²) in [5.41, 5.74) is 2.65. The first-order chi connectivity index (χ1) is 11.8. The Morgan fingerprint density at radius 1 is 1.12 bits per heavy atom. The molecule has 0 heterocycles. The molecule has 0 spiro atoms. The number of rotatable bonds is 3. The molecule has 0 aliphatic heterocycles. The van der Waals surface area contributed by atoms with Crippen LogP contribution < -0.4 is 10.7 Å². The molecule has 2 amide bonds. The first kappa shape index (κ1) is 18.2. The number of nitrogens with one attached hydrogen (secondary N) is 2. The molecule has 0 atom stereocenters. The minimum absolute atomic E-state index is 0.129. The van der Waals surface area contributed by atoms with Gasteiger partial charge in [-0.2, -0.15) is 5.10 Å². The summed E-state index contributed by atoms with van der Waals surface area (Å²) in [6.07, 6.45) is 0. The topological polar surface area (TPSA) is 111 Å². The minimum Gasteiger partial charge on any atom is -0.508 e. The standard InChI is InChI=1S/C16H13ClFN3O4/c1-8(11-4-3-10(22)7-14(11)23)20-21-16(25)15(24)19-9-2-5-13(18)12(17)6-9/h2-7,22-23H,1H3,(H,19,24)(H,21,25)/b20-8+. The maximum atomic E-state index is 13.0. The molecule has 9 heteroatoms. The van der Waals surface area contributed by atoms with Crippen LogP contribution in [0.4, 0.5) is 10.1 Å². The Labute approximate surface area is 146 Å². The van der Waals surface area contributed by atoms with E-state index in [0.717, 1.165) is 18.2 Å². The van der Waals surface area contributed by atoms with E-state index in [2.05, 4.69) is 10.4 Å². The molecule has 2 aromatic rings. The summed E-state index contributed by atoms with van der Waals surface area (Å²) in [6.45, 7) is 1.49. The van der Waals surface area contributed by atoms with Gasteiger partial charge in [0.15, 0.2) is 0 Å². The van der Waals surface area contributed by atoms with Gasteiger partial charge in [-0.3, -0.25) is 9.59 Å². The van der Waals surface area contributed by atoms with Gasteiger partial charge in [-0.05, 0) is 37.3 Å². The van der Waals surface area contributed by atoms with Crippen LogP contribution in [-0.4, -0.2) is 27.7 Å². The molecule has 130 valence electrons. The van der Waals surface area contributed by atoms with Gasteiger partial charge in [-0.15, -0.1) is 0 Å². The van der Waals surface area contributed by atoms with Crippen LogP contribution in [0, 0.1) is 5.82 Å². The van der Waals surface area contributed by atoms with Crippen LogP contribution in [0.1, 0.15) is 12.5 Å². The fourth-order valence-electron chi connectivity index (χ4n) is 1.83. The number of phenolic OH excluding ortho intramolecular Hbond substituents is 2. The Morgan fingerprint density at radius 2 is 1.84 bits per heavy atom. The van der Waals surface area contributed by atoms with Crippen LogP contribution >= 0.6 is 11.6 Å². The SMILES string of the molecule is C/C(=N\NC(=O)C(=O)Nc1ccc(F)c(Cl)c1)c1ccc(O)cc1O. The van der Waals surface area contributed by atoms with Crippen LogP contribution in [0.25, 0.3) is 0 Å². The lowest BCUT2D eigenvalue weighted by Gasteiger charge is -2.07. The second kappa shape index (κ2) is 7.63. The maximum absolute atomic E-state index is 13.0. The number of aromatic hydroxyl groups is 2. The molecule has 0 aromatic heterocycles. The van der Waals surface area contributed by atoms with Crippen molar-refractivity contribution in [3.63, 3.8) is 0 Å². The molecule has 7 nitrogen and oxygen atoms in total. The summed E-state index contributed by atoms with van der Waals surface area (Å²) < 4.78 is 13.0. The molecule has 0 unspecified atom stereocenters. The molecule has 0 bridgehead atoms. The van der Waals surface area contributed by atoms with Crippen LogP contribution in [0.5, 0.6) is 11.5 Å². The zero-order chi connectivity index (χ0) is 18.6. The zero-order valence-corrected chi connectivity index (χ0v) is 13.6. The third-order valence-corrected chi connectivity index (χ3v) is 3.37. The van der Waals surface area contributed by atoms with E-state index in [1.807, 2.05) is 5.43 Å². The van der Waals surface area contributed by atoms with Gasteiger partial charge in [0.1, 0.15) is 17.3 Å². The van der Waals surface area contributed by atoms with E-state index in [0.29, 0.717) is 0 Å². The normalized spacial score (nSPS) is 11.1. The third kappa shape index (κ3) is 4.67. The molecule has 0 radical (unpaired) electrons. The van der Waals surface area contributed by atoms with Crippen LogP contribution in [0.2, 0.25) is 5.02 Å². The van der Waals surface area contributed by atoms with Crippen molar-refractivity contribution >= 4 is 34.8 Å². The Balaban J connectivity index is 2.02. The predicted molar refractivity (Wildman–Crippen MR) is 90.2 cm³/mol. The molecule has 2 rings (SSSR count). The van der Waals surface area contributed by atoms with E-state index in [1.54, 1.807) is 0 Å². The summed E-state index contributed by atoms with van der Waals surface area (Å²) >= 11 is 5.58. The smallest absolute Gasteiger partial charge is 0.329 e. The van der Waals surface area contributed by atoms with Crippen molar-refractivity contribution in [2.45, 2.75) is 6.92 Å². The average Bonchev–Trinajstić information content (AvgIpc) is 2.55. The molecule has 0 aliphatic carbocycles. The van der Waals surface area contributed by atoms with Crippen LogP contribution in [0.3, 0.4) is 0 Å². The van der Waals surface area contributed by atoms with E-state index in [9.17, 15) is 24.2 Å². The number of carbonyl (C=O) groups is 2. The van der Waals surface area contributed by atoms with Gasteiger partial charge >= 0.3 is 11.8 Å². The quantitative estimate of drug-likeness (QED) is 0.380. The summed E-state index contributed by atoms with van der Waals surface area (Å²) in [5, 5.41) is 24.7. The molecular formula is C16H13ClFN3O4. The second-order valence-electron chi connectivity index (χ2n) is 4.92. The lowest BCUT2D eigenvalue weighted by atomic mass is 10.1. The van der Waals surface area contributed by atoms with Gasteiger partial charge in [0, 0.05) is 17.3 Å². The van der Waals surface area contributed by atoms with Gasteiger partial charge in [-0.25, -0.2) is 9.82 Å². The number of hydrazone groups is 1. The lowest BCUT2D eigenvalue weighted by molar-refractivity contribution is -0.136. The van der Waals surface area contributed by atoms with Gasteiger partial charge < -0.3 is 15.5 Å². The maximum Gasteiger partial charge on any atom is 0.329 e. The highest BCUT2D eigenvalue weighted by atomic mass is 35.5. The first-order valence-corrected chi connectivity index (χ1v) is 7.28. The Hall–Kier alpha value is -3.13. The zero-order valence-electron chi connectivity index (χ0n) is 12.9. The average molecular weight is 366 g/mol. The molecule has 2 aromatic carbocycles. The Morgan fingerprint density at radius 3 is 2.48 bits per heavy atom. The third-order valence-electron chi connectivity index (χ3n) is 3.08. The molecule has 0 saturated carbocycles. The van der Waals surface area contributed by atoms with Crippen molar-refractivity contribution in [3.05, 3.63) is 52.8 Å². The van der Waals surface area contributed by atoms with Crippen LogP contribution in [0.15, 0.2) is 41.5 Å². The van der Waals surface area contributed by atoms with Crippen molar-refractivity contribution in [1.29, 1.82) is 0 Å². The lowest BCUT2D eigenvalue weighted by Crippen LogP contribution is -2.32. The van der Waals surface area contributed by atoms with Crippen molar-refractivity contribution in [3.8, 4) is 11.5 Å². The highest BCUT2D eigenvalue weighted by Crippen LogP contribution is 2.23. The Bertz CT molecular complexity index is 870. The largest absolute Gasteiger partial charge is 0.508 e. The number of benzene rings is 2. The Kier molecular flexibility index (Phi) is 5.56. The van der Waals surface area contributed by atoms with Gasteiger partial charge in [0.05, 0.1) is 10.7 Å². The monoisotopic (exact) mass is 365 g/mol. The fourth-order valence-corrected chi connectivity index (χ4v) is 2.01. The summed E-state index contributed by atoms with van der Waals surface area (Å²) in [7, 11) is 0. The van der Waals surface area contributed by atoms with E-state index in [4.69, 9.17) is 11.6 Å². The predicted octanol–water partition coefficient (Wildman–Crippen LogP) is 2.37. The molecular weight excluding hydrogens is 353 g/mol. The highest BCUT2D eigenvalue weighted by molar-refractivity contribution is 6.40. The van der Waals surface area contributed by atoms with Crippen molar-refractivity contribution in [1.82, 2.24) is 5.43 Å². The van der Waals surface area contributed by atoms with Crippen molar-refractivity contribution < 1.29 is 24.2 Å². The van der Waals surface area contributed by atoms with Gasteiger partial charge in [0.2, 0.25) is 0 Å². The highest BCUT2D eigenvalue weighted by Gasteiger charge is 2.14. The number of nitrogens with zero attached hydrogens (tertiary/aromatic N) is 1. The number of carbonyl (C=O) groups excluding carboxylic acids is 2. The first-order valence-electron chi connectivity index (χ1n) is 6.91. The summed E-state index contributed by atoms with van der Waals surface area (Å²) in [6, 6.07) is 7.30. The van der Waals surface area contributed by atoms with Crippen molar-refractivity contribution in [2.75, 3.05) is 5.32 Å². The van der Waals surface area contributed by atoms with E-state index < -0.39 is 17.6 Å². The molecule has 4 N–H and O–H groups in total. The molecule has 0 saturated heterocycles.